The van der Waals surface area contributed by atoms with Crippen molar-refractivity contribution in [1.29, 1.82) is 0 Å². The molecule has 82 valence electrons. The number of hydrogen-bond acceptors (Lipinski definition) is 4. The third kappa shape index (κ3) is 2.40. The van der Waals surface area contributed by atoms with Crippen LogP contribution < -0.4 is 10.5 Å². The van der Waals surface area contributed by atoms with Gasteiger partial charge in [0.15, 0.2) is 17.3 Å². The fraction of sp³-hybridized carbons (Fsp3) is 0.300. The predicted octanol–water partition coefficient (Wildman–Crippen LogP) is 1.58. The number of phenolic OH excluding ortho intramolecular Hbond substituents is 1. The van der Waals surface area contributed by atoms with Crippen LogP contribution in [0.15, 0.2) is 12.1 Å². The number of benzene rings is 1. The van der Waals surface area contributed by atoms with E-state index < -0.39 is 6.04 Å². The molecule has 0 saturated carbocycles. The molecule has 4 nitrogen and oxygen atoms in total. The first kappa shape index (κ1) is 11.8. The van der Waals surface area contributed by atoms with Crippen molar-refractivity contribution in [2.24, 2.45) is 5.73 Å². The van der Waals surface area contributed by atoms with Crippen molar-refractivity contribution < 1.29 is 14.6 Å². The molecule has 1 aromatic rings. The summed E-state index contributed by atoms with van der Waals surface area (Å²) in [5.74, 6) is -0.455. The Kier molecular flexibility index (Phi) is 3.55. The summed E-state index contributed by atoms with van der Waals surface area (Å²) in [5.41, 5.74) is 5.51. The van der Waals surface area contributed by atoms with Crippen LogP contribution in [0, 0.1) is 0 Å². The van der Waals surface area contributed by atoms with Gasteiger partial charge in [0, 0.05) is 11.1 Å². The summed E-state index contributed by atoms with van der Waals surface area (Å²) in [6, 6.07) is 2.10. The molecule has 1 rings (SSSR count). The van der Waals surface area contributed by atoms with Crippen LogP contribution in [0.1, 0.15) is 17.3 Å². The number of Topliss-reactive ketones (excluding diaryl/α,β-unsaturated/α-hetero) is 1. The Bertz CT molecular complexity index is 390. The first-order chi connectivity index (χ1) is 6.97. The number of ether oxygens (including phenoxy) is 1. The molecule has 0 saturated heterocycles. The van der Waals surface area contributed by atoms with Gasteiger partial charge in [0.1, 0.15) is 0 Å². The molecule has 1 aromatic carbocycles. The Morgan fingerprint density at radius 3 is 2.67 bits per heavy atom. The highest BCUT2D eigenvalue weighted by Crippen LogP contribution is 2.33. The van der Waals surface area contributed by atoms with Crippen LogP contribution >= 0.6 is 11.6 Å². The van der Waals surface area contributed by atoms with E-state index in [-0.39, 0.29) is 22.8 Å². The van der Waals surface area contributed by atoms with Crippen LogP contribution in [-0.4, -0.2) is 24.0 Å². The molecule has 0 radical (unpaired) electrons. The Hall–Kier alpha value is -1.26. The lowest BCUT2D eigenvalue weighted by Crippen LogP contribution is -2.26. The lowest BCUT2D eigenvalue weighted by atomic mass is 10.0. The number of methoxy groups -OCH3 is 1. The summed E-state index contributed by atoms with van der Waals surface area (Å²) in [6.45, 7) is 1.54. The second kappa shape index (κ2) is 4.51. The van der Waals surface area contributed by atoms with Crippen LogP contribution in [0.4, 0.5) is 0 Å². The van der Waals surface area contributed by atoms with Crippen molar-refractivity contribution in [3.8, 4) is 11.5 Å². The van der Waals surface area contributed by atoms with E-state index in [4.69, 9.17) is 22.1 Å². The summed E-state index contributed by atoms with van der Waals surface area (Å²) >= 11 is 5.77. The summed E-state index contributed by atoms with van der Waals surface area (Å²) in [4.78, 5) is 11.6. The number of phenols is 1. The quantitative estimate of drug-likeness (QED) is 0.772. The van der Waals surface area contributed by atoms with Gasteiger partial charge in [-0.1, -0.05) is 11.6 Å². The normalized spacial score (nSPS) is 12.3. The smallest absolute Gasteiger partial charge is 0.183 e. The van der Waals surface area contributed by atoms with E-state index >= 15 is 0 Å². The predicted molar refractivity (Wildman–Crippen MR) is 57.6 cm³/mol. The number of nitrogens with two attached hydrogens (primary N) is 1. The number of carbonyl (C=O) groups excluding carboxylic acids is 1. The van der Waals surface area contributed by atoms with Crippen LogP contribution in [0.25, 0.3) is 0 Å². The third-order valence-corrected chi connectivity index (χ3v) is 2.16. The monoisotopic (exact) mass is 229 g/mol. The first-order valence-corrected chi connectivity index (χ1v) is 4.71. The lowest BCUT2D eigenvalue weighted by molar-refractivity contribution is 0.0964. The average Bonchev–Trinajstić information content (AvgIpc) is 2.19. The Balaban J connectivity index is 3.29. The number of rotatable bonds is 3. The minimum atomic E-state index is -0.695. The molecule has 0 spiro atoms. The van der Waals surface area contributed by atoms with E-state index in [0.29, 0.717) is 5.02 Å². The van der Waals surface area contributed by atoms with Gasteiger partial charge in [-0.25, -0.2) is 0 Å². The molecule has 1 atom stereocenters. The number of halogens is 1. The topological polar surface area (TPSA) is 72.5 Å². The van der Waals surface area contributed by atoms with Gasteiger partial charge in [0.25, 0.3) is 0 Å². The van der Waals surface area contributed by atoms with Crippen LogP contribution in [0.5, 0.6) is 11.5 Å². The molecular formula is C10H12ClNO3. The zero-order valence-corrected chi connectivity index (χ0v) is 9.21. The van der Waals surface area contributed by atoms with E-state index in [1.165, 1.54) is 26.2 Å². The van der Waals surface area contributed by atoms with Crippen molar-refractivity contribution in [3.05, 3.63) is 22.7 Å². The van der Waals surface area contributed by atoms with E-state index in [0.717, 1.165) is 0 Å². The maximum absolute atomic E-state index is 11.6. The highest BCUT2D eigenvalue weighted by molar-refractivity contribution is 6.31. The van der Waals surface area contributed by atoms with Gasteiger partial charge in [0.05, 0.1) is 18.7 Å². The molecule has 0 bridgehead atoms. The molecular weight excluding hydrogens is 218 g/mol. The molecule has 15 heavy (non-hydrogen) atoms. The summed E-state index contributed by atoms with van der Waals surface area (Å²) in [5, 5.41) is 9.99. The fourth-order valence-corrected chi connectivity index (χ4v) is 1.37. The molecule has 0 aliphatic heterocycles. The zero-order chi connectivity index (χ0) is 11.6. The zero-order valence-electron chi connectivity index (χ0n) is 8.45. The largest absolute Gasteiger partial charge is 0.504 e. The summed E-state index contributed by atoms with van der Waals surface area (Å²) < 4.78 is 4.87. The molecule has 1 unspecified atom stereocenters. The highest BCUT2D eigenvalue weighted by atomic mass is 35.5. The van der Waals surface area contributed by atoms with E-state index in [1.54, 1.807) is 0 Å². The van der Waals surface area contributed by atoms with Crippen molar-refractivity contribution >= 4 is 17.4 Å². The minimum Gasteiger partial charge on any atom is -0.504 e. The minimum absolute atomic E-state index is 0.0781. The van der Waals surface area contributed by atoms with Gasteiger partial charge >= 0.3 is 0 Å². The molecule has 3 N–H and O–H groups in total. The van der Waals surface area contributed by atoms with Gasteiger partial charge in [-0.3, -0.25) is 4.79 Å². The first-order valence-electron chi connectivity index (χ1n) is 4.33. The van der Waals surface area contributed by atoms with Gasteiger partial charge in [-0.05, 0) is 13.0 Å². The second-order valence-corrected chi connectivity index (χ2v) is 3.59. The Morgan fingerprint density at radius 1 is 1.60 bits per heavy atom. The number of carbonyl (C=O) groups is 1. The van der Waals surface area contributed by atoms with Gasteiger partial charge in [-0.15, -0.1) is 0 Å². The van der Waals surface area contributed by atoms with Crippen LogP contribution in [-0.2, 0) is 0 Å². The highest BCUT2D eigenvalue weighted by Gasteiger charge is 2.19. The molecule has 5 heteroatoms. The number of ketones is 1. The summed E-state index contributed by atoms with van der Waals surface area (Å²) in [7, 11) is 1.38. The van der Waals surface area contributed by atoms with E-state index in [1.807, 2.05) is 0 Å². The lowest BCUT2D eigenvalue weighted by Gasteiger charge is -2.10. The molecule has 0 heterocycles. The van der Waals surface area contributed by atoms with Crippen LogP contribution in [0.2, 0.25) is 5.02 Å². The fourth-order valence-electron chi connectivity index (χ4n) is 1.16. The Morgan fingerprint density at radius 2 is 2.20 bits per heavy atom. The Labute approximate surface area is 92.6 Å². The molecule has 0 aromatic heterocycles. The number of hydrogen-bond donors (Lipinski definition) is 2. The standard InChI is InChI=1S/C10H12ClNO3/c1-5(12)9(13)7-3-6(11)4-8(15-2)10(7)14/h3-5,14H,12H2,1-2H3. The van der Waals surface area contributed by atoms with Gasteiger partial charge in [0.2, 0.25) is 0 Å². The molecule has 0 aliphatic rings. The van der Waals surface area contributed by atoms with Crippen molar-refractivity contribution in [1.82, 2.24) is 0 Å². The van der Waals surface area contributed by atoms with Gasteiger partial charge < -0.3 is 15.6 Å². The molecule has 0 aliphatic carbocycles. The van der Waals surface area contributed by atoms with Crippen molar-refractivity contribution in [3.63, 3.8) is 0 Å². The third-order valence-electron chi connectivity index (χ3n) is 1.94. The van der Waals surface area contributed by atoms with E-state index in [2.05, 4.69) is 0 Å². The van der Waals surface area contributed by atoms with Crippen molar-refractivity contribution in [2.45, 2.75) is 13.0 Å². The SMILES string of the molecule is COc1cc(Cl)cc(C(=O)C(C)N)c1O. The second-order valence-electron chi connectivity index (χ2n) is 3.16. The maximum atomic E-state index is 11.6. The van der Waals surface area contributed by atoms with Crippen LogP contribution in [0.3, 0.4) is 0 Å². The van der Waals surface area contributed by atoms with Crippen molar-refractivity contribution in [2.75, 3.05) is 7.11 Å². The average molecular weight is 230 g/mol. The molecule has 0 amide bonds. The molecule has 0 fully saturated rings. The van der Waals surface area contributed by atoms with E-state index in [9.17, 15) is 9.90 Å². The van der Waals surface area contributed by atoms with Gasteiger partial charge in [-0.2, -0.15) is 0 Å². The number of aromatic hydroxyl groups is 1. The maximum Gasteiger partial charge on any atom is 0.183 e. The summed E-state index contributed by atoms with van der Waals surface area (Å²) in [6.07, 6.45) is 0.